The second kappa shape index (κ2) is 4.11. The summed E-state index contributed by atoms with van der Waals surface area (Å²) in [5.41, 5.74) is 0.620. The predicted octanol–water partition coefficient (Wildman–Crippen LogP) is 1.23. The summed E-state index contributed by atoms with van der Waals surface area (Å²) in [5, 5.41) is 18.6. The van der Waals surface area contributed by atoms with E-state index in [0.717, 1.165) is 0 Å². The summed E-state index contributed by atoms with van der Waals surface area (Å²) < 4.78 is 4.47. The highest BCUT2D eigenvalue weighted by molar-refractivity contribution is 5.92. The van der Waals surface area contributed by atoms with Crippen LogP contribution in [0.5, 0.6) is 5.75 Å². The molecule has 1 aromatic carbocycles. The van der Waals surface area contributed by atoms with Crippen LogP contribution in [0.15, 0.2) is 18.2 Å². The highest BCUT2D eigenvalue weighted by atomic mass is 16.5. The zero-order chi connectivity index (χ0) is 10.7. The van der Waals surface area contributed by atoms with E-state index in [9.17, 15) is 15.0 Å². The van der Waals surface area contributed by atoms with E-state index in [2.05, 4.69) is 4.74 Å². The maximum Gasteiger partial charge on any atom is 0.341 e. The zero-order valence-corrected chi connectivity index (χ0v) is 8.02. The first-order valence-corrected chi connectivity index (χ1v) is 4.15. The van der Waals surface area contributed by atoms with E-state index in [4.69, 9.17) is 0 Å². The van der Waals surface area contributed by atoms with Gasteiger partial charge in [0.25, 0.3) is 0 Å². The van der Waals surface area contributed by atoms with Gasteiger partial charge in [0, 0.05) is 0 Å². The van der Waals surface area contributed by atoms with Crippen molar-refractivity contribution in [3.05, 3.63) is 29.3 Å². The van der Waals surface area contributed by atoms with Gasteiger partial charge in [-0.05, 0) is 24.6 Å². The Labute approximate surface area is 81.8 Å². The molecule has 4 heteroatoms. The van der Waals surface area contributed by atoms with E-state index >= 15 is 0 Å². The Balaban J connectivity index is 3.15. The molecule has 4 nitrogen and oxygen atoms in total. The van der Waals surface area contributed by atoms with Gasteiger partial charge in [-0.25, -0.2) is 4.79 Å². The second-order valence-corrected chi connectivity index (χ2v) is 2.94. The van der Waals surface area contributed by atoms with Gasteiger partial charge in [0.2, 0.25) is 0 Å². The number of aliphatic hydroxyl groups excluding tert-OH is 1. The molecule has 0 spiro atoms. The molecule has 0 saturated carbocycles. The first-order valence-electron chi connectivity index (χ1n) is 4.15. The average molecular weight is 196 g/mol. The molecule has 2 N–H and O–H groups in total. The number of benzene rings is 1. The molecule has 1 atom stereocenters. The molecular weight excluding hydrogens is 184 g/mol. The quantitative estimate of drug-likeness (QED) is 0.698. The van der Waals surface area contributed by atoms with Crippen LogP contribution in [0, 0.1) is 0 Å². The third-order valence-electron chi connectivity index (χ3n) is 1.91. The molecule has 0 saturated heterocycles. The van der Waals surface area contributed by atoms with Crippen molar-refractivity contribution in [1.29, 1.82) is 0 Å². The summed E-state index contributed by atoms with van der Waals surface area (Å²) >= 11 is 0. The minimum Gasteiger partial charge on any atom is -0.507 e. The molecule has 0 heterocycles. The number of rotatable bonds is 2. The first kappa shape index (κ1) is 10.5. The maximum atomic E-state index is 11.1. The number of aromatic hydroxyl groups is 1. The summed E-state index contributed by atoms with van der Waals surface area (Å²) in [7, 11) is 1.23. The van der Waals surface area contributed by atoms with E-state index < -0.39 is 12.1 Å². The predicted molar refractivity (Wildman–Crippen MR) is 50.1 cm³/mol. The van der Waals surface area contributed by atoms with Crippen LogP contribution in [0.1, 0.15) is 28.9 Å². The number of phenolic OH excluding ortho intramolecular Hbond substituents is 1. The van der Waals surface area contributed by atoms with Crippen molar-refractivity contribution < 1.29 is 19.7 Å². The average Bonchev–Trinajstić information content (AvgIpc) is 2.17. The van der Waals surface area contributed by atoms with Gasteiger partial charge in [0.15, 0.2) is 0 Å². The van der Waals surface area contributed by atoms with Crippen molar-refractivity contribution >= 4 is 5.97 Å². The van der Waals surface area contributed by atoms with Gasteiger partial charge in [-0.2, -0.15) is 0 Å². The molecule has 1 rings (SSSR count). The summed E-state index contributed by atoms with van der Waals surface area (Å²) in [4.78, 5) is 11.1. The lowest BCUT2D eigenvalue weighted by Gasteiger charge is -2.07. The van der Waals surface area contributed by atoms with Gasteiger partial charge >= 0.3 is 5.97 Å². The lowest BCUT2D eigenvalue weighted by Crippen LogP contribution is -2.03. The number of hydrogen-bond donors (Lipinski definition) is 2. The Morgan fingerprint density at radius 2 is 2.14 bits per heavy atom. The van der Waals surface area contributed by atoms with Crippen molar-refractivity contribution in [3.63, 3.8) is 0 Å². The number of esters is 1. The summed E-state index contributed by atoms with van der Waals surface area (Å²) in [6.45, 7) is 1.58. The molecule has 76 valence electrons. The molecule has 1 aromatic rings. The first-order chi connectivity index (χ1) is 6.56. The van der Waals surface area contributed by atoms with Gasteiger partial charge in [-0.1, -0.05) is 6.07 Å². The molecular formula is C10H12O4. The van der Waals surface area contributed by atoms with Gasteiger partial charge in [0.05, 0.1) is 13.2 Å². The van der Waals surface area contributed by atoms with Crippen LogP contribution in [0.4, 0.5) is 0 Å². The molecule has 0 aliphatic heterocycles. The van der Waals surface area contributed by atoms with Gasteiger partial charge in [0.1, 0.15) is 11.3 Å². The fourth-order valence-corrected chi connectivity index (χ4v) is 1.09. The van der Waals surface area contributed by atoms with Crippen molar-refractivity contribution in [2.45, 2.75) is 13.0 Å². The number of carbonyl (C=O) groups is 1. The fourth-order valence-electron chi connectivity index (χ4n) is 1.09. The number of hydrogen-bond acceptors (Lipinski definition) is 4. The van der Waals surface area contributed by atoms with E-state index in [0.29, 0.717) is 5.56 Å². The van der Waals surface area contributed by atoms with E-state index in [-0.39, 0.29) is 11.3 Å². The summed E-state index contributed by atoms with van der Waals surface area (Å²) in [6, 6.07) is 4.31. The topological polar surface area (TPSA) is 66.8 Å². The largest absolute Gasteiger partial charge is 0.507 e. The van der Waals surface area contributed by atoms with Crippen LogP contribution >= 0.6 is 0 Å². The molecule has 14 heavy (non-hydrogen) atoms. The summed E-state index contributed by atoms with van der Waals surface area (Å²) in [5.74, 6) is -0.772. The fraction of sp³-hybridized carbons (Fsp3) is 0.300. The molecule has 0 fully saturated rings. The van der Waals surface area contributed by atoms with E-state index in [1.807, 2.05) is 0 Å². The Morgan fingerprint density at radius 3 is 2.64 bits per heavy atom. The Hall–Kier alpha value is -1.55. The standard InChI is InChI=1S/C10H12O4/c1-6(11)7-3-4-9(12)8(5-7)10(13)14-2/h3-6,11-12H,1-2H3/t6-/m1/s1. The van der Waals surface area contributed by atoms with Crippen LogP contribution in [0.3, 0.4) is 0 Å². The van der Waals surface area contributed by atoms with E-state index in [1.165, 1.54) is 19.2 Å². The minimum atomic E-state index is -0.681. The Bertz CT molecular complexity index is 344. The van der Waals surface area contributed by atoms with Crippen LogP contribution in [0.25, 0.3) is 0 Å². The molecule has 0 bridgehead atoms. The molecule has 0 amide bonds. The van der Waals surface area contributed by atoms with Crippen LogP contribution in [-0.2, 0) is 4.74 Å². The number of ether oxygens (including phenoxy) is 1. The molecule has 0 unspecified atom stereocenters. The van der Waals surface area contributed by atoms with Crippen LogP contribution < -0.4 is 0 Å². The van der Waals surface area contributed by atoms with Crippen molar-refractivity contribution in [2.75, 3.05) is 7.11 Å². The Kier molecular flexibility index (Phi) is 3.09. The maximum absolute atomic E-state index is 11.1. The smallest absolute Gasteiger partial charge is 0.341 e. The van der Waals surface area contributed by atoms with Crippen molar-refractivity contribution in [3.8, 4) is 5.75 Å². The lowest BCUT2D eigenvalue weighted by molar-refractivity contribution is 0.0597. The lowest BCUT2D eigenvalue weighted by atomic mass is 10.1. The van der Waals surface area contributed by atoms with Gasteiger partial charge < -0.3 is 14.9 Å². The van der Waals surface area contributed by atoms with Crippen LogP contribution in [-0.4, -0.2) is 23.3 Å². The normalized spacial score (nSPS) is 12.2. The monoisotopic (exact) mass is 196 g/mol. The highest BCUT2D eigenvalue weighted by Crippen LogP contribution is 2.22. The van der Waals surface area contributed by atoms with Crippen LogP contribution in [0.2, 0.25) is 0 Å². The summed E-state index contributed by atoms with van der Waals surface area (Å²) in [6.07, 6.45) is -0.681. The molecule has 0 radical (unpaired) electrons. The highest BCUT2D eigenvalue weighted by Gasteiger charge is 2.13. The van der Waals surface area contributed by atoms with E-state index in [1.54, 1.807) is 13.0 Å². The molecule has 0 aromatic heterocycles. The SMILES string of the molecule is COC(=O)c1cc([C@@H](C)O)ccc1O. The molecule has 0 aliphatic rings. The van der Waals surface area contributed by atoms with Gasteiger partial charge in [-0.15, -0.1) is 0 Å². The minimum absolute atomic E-state index is 0.0610. The number of carbonyl (C=O) groups excluding carboxylic acids is 1. The van der Waals surface area contributed by atoms with Crippen molar-refractivity contribution in [1.82, 2.24) is 0 Å². The number of aliphatic hydroxyl groups is 1. The second-order valence-electron chi connectivity index (χ2n) is 2.94. The molecule has 0 aliphatic carbocycles. The van der Waals surface area contributed by atoms with Gasteiger partial charge in [-0.3, -0.25) is 0 Å². The third-order valence-corrected chi connectivity index (χ3v) is 1.91. The zero-order valence-electron chi connectivity index (χ0n) is 8.02. The third kappa shape index (κ3) is 2.03. The Morgan fingerprint density at radius 1 is 1.50 bits per heavy atom. The number of phenols is 1. The van der Waals surface area contributed by atoms with Crippen molar-refractivity contribution in [2.24, 2.45) is 0 Å². The number of methoxy groups -OCH3 is 1.